The molecular weight excluding hydrogens is 290 g/mol. The minimum absolute atomic E-state index is 0.116. The van der Waals surface area contributed by atoms with Crippen molar-refractivity contribution in [3.8, 4) is 0 Å². The van der Waals surface area contributed by atoms with Crippen LogP contribution in [0.15, 0.2) is 0 Å². The average Bonchev–Trinajstić information content (AvgIpc) is 2.12. The zero-order chi connectivity index (χ0) is 13.5. The lowest BCUT2D eigenvalue weighted by Crippen LogP contribution is -2.41. The highest BCUT2D eigenvalue weighted by Gasteiger charge is 2.18. The van der Waals surface area contributed by atoms with Crippen molar-refractivity contribution in [3.05, 3.63) is 0 Å². The van der Waals surface area contributed by atoms with Crippen LogP contribution in [-0.2, 0) is 19.7 Å². The summed E-state index contributed by atoms with van der Waals surface area (Å²) in [4.78, 5) is 21.4. The van der Waals surface area contributed by atoms with E-state index in [0.29, 0.717) is 0 Å². The number of carboxylic acid groups (broad SMARTS) is 1. The Bertz CT molecular complexity index is 368. The number of rotatable bonds is 8. The van der Waals surface area contributed by atoms with Gasteiger partial charge in [-0.15, -0.1) is 0 Å². The van der Waals surface area contributed by atoms with Crippen molar-refractivity contribution in [2.75, 3.05) is 17.3 Å². The molecule has 0 radical (unpaired) electrons. The summed E-state index contributed by atoms with van der Waals surface area (Å²) in [7, 11) is -1.75. The van der Waals surface area contributed by atoms with Crippen LogP contribution < -0.4 is 5.32 Å². The molecule has 0 aromatic carbocycles. The molecule has 0 bridgehead atoms. The first kappa shape index (κ1) is 16.6. The Hall–Kier alpha value is -0.450. The summed E-state index contributed by atoms with van der Waals surface area (Å²) in [5.74, 6) is -1.72. The van der Waals surface area contributed by atoms with Gasteiger partial charge < -0.3 is 10.4 Å². The van der Waals surface area contributed by atoms with Gasteiger partial charge in [0.15, 0.2) is 0 Å². The monoisotopic (exact) mass is 303 g/mol. The Labute approximate surface area is 107 Å². The Kier molecular flexibility index (Phi) is 7.59. The molecule has 0 spiro atoms. The van der Waals surface area contributed by atoms with Crippen LogP contribution in [0.25, 0.3) is 0 Å². The topological polar surface area (TPSA) is 121 Å². The smallest absolute Gasteiger partial charge is 0.327 e. The molecule has 0 unspecified atom stereocenters. The maximum Gasteiger partial charge on any atom is 0.327 e. The van der Waals surface area contributed by atoms with Gasteiger partial charge in [-0.05, 0) is 0 Å². The highest BCUT2D eigenvalue weighted by Crippen LogP contribution is 2.22. The van der Waals surface area contributed by atoms with E-state index in [1.807, 2.05) is 0 Å². The lowest BCUT2D eigenvalue weighted by molar-refractivity contribution is -0.140. The third-order valence-corrected chi connectivity index (χ3v) is 4.81. The summed E-state index contributed by atoms with van der Waals surface area (Å²) < 4.78 is 29.2. The molecule has 3 N–H and O–H groups in total. The van der Waals surface area contributed by atoms with Gasteiger partial charge in [-0.2, -0.15) is 8.42 Å². The molecular formula is C7H13NO6S3. The lowest BCUT2D eigenvalue weighted by atomic mass is 10.3. The molecule has 0 aromatic heterocycles. The fourth-order valence-corrected chi connectivity index (χ4v) is 4.09. The van der Waals surface area contributed by atoms with E-state index in [4.69, 9.17) is 9.66 Å². The fraction of sp³-hybridized carbons (Fsp3) is 0.714. The second-order valence-electron chi connectivity index (χ2n) is 2.98. The van der Waals surface area contributed by atoms with Crippen molar-refractivity contribution in [1.29, 1.82) is 0 Å². The van der Waals surface area contributed by atoms with E-state index < -0.39 is 28.0 Å². The van der Waals surface area contributed by atoms with Crippen LogP contribution in [0.3, 0.4) is 0 Å². The second kappa shape index (κ2) is 7.80. The van der Waals surface area contributed by atoms with Crippen molar-refractivity contribution in [1.82, 2.24) is 5.32 Å². The van der Waals surface area contributed by atoms with Gasteiger partial charge in [-0.3, -0.25) is 9.35 Å². The number of carbonyl (C=O) groups is 2. The highest BCUT2D eigenvalue weighted by molar-refractivity contribution is 8.76. The third-order valence-electron chi connectivity index (χ3n) is 1.42. The van der Waals surface area contributed by atoms with Crippen molar-refractivity contribution in [2.24, 2.45) is 0 Å². The lowest BCUT2D eigenvalue weighted by Gasteiger charge is -2.11. The van der Waals surface area contributed by atoms with E-state index in [1.54, 1.807) is 0 Å². The quantitative estimate of drug-likeness (QED) is 0.321. The summed E-state index contributed by atoms with van der Waals surface area (Å²) >= 11 is 0. The molecule has 0 aliphatic heterocycles. The number of carboxylic acids is 1. The van der Waals surface area contributed by atoms with Crippen molar-refractivity contribution in [2.45, 2.75) is 13.0 Å². The van der Waals surface area contributed by atoms with Gasteiger partial charge in [-0.1, -0.05) is 21.6 Å². The van der Waals surface area contributed by atoms with E-state index in [0.717, 1.165) is 21.6 Å². The largest absolute Gasteiger partial charge is 0.480 e. The van der Waals surface area contributed by atoms with Gasteiger partial charge in [0.1, 0.15) is 6.04 Å². The van der Waals surface area contributed by atoms with Crippen molar-refractivity contribution >= 4 is 43.6 Å². The molecule has 100 valence electrons. The zero-order valence-electron chi connectivity index (χ0n) is 8.95. The van der Waals surface area contributed by atoms with Gasteiger partial charge in [0.25, 0.3) is 10.1 Å². The third kappa shape index (κ3) is 10.4. The van der Waals surface area contributed by atoms with Gasteiger partial charge in [0, 0.05) is 18.4 Å². The molecule has 0 rings (SSSR count). The van der Waals surface area contributed by atoms with Crippen LogP contribution in [0.1, 0.15) is 6.92 Å². The molecule has 1 amide bonds. The Morgan fingerprint density at radius 3 is 2.35 bits per heavy atom. The molecule has 0 aliphatic carbocycles. The maximum absolute atomic E-state index is 10.7. The van der Waals surface area contributed by atoms with Crippen LogP contribution in [0.4, 0.5) is 0 Å². The molecule has 10 heteroatoms. The number of aliphatic carboxylic acids is 1. The number of carbonyl (C=O) groups excluding carboxylic acids is 1. The van der Waals surface area contributed by atoms with Crippen LogP contribution in [-0.4, -0.2) is 53.3 Å². The van der Waals surface area contributed by atoms with Gasteiger partial charge in [-0.25, -0.2) is 4.79 Å². The number of nitrogens with one attached hydrogen (secondary N) is 1. The molecule has 0 aromatic rings. The number of amides is 1. The average molecular weight is 303 g/mol. The molecule has 0 heterocycles. The molecule has 0 fully saturated rings. The van der Waals surface area contributed by atoms with Crippen LogP contribution in [0.2, 0.25) is 0 Å². The molecule has 0 aliphatic rings. The van der Waals surface area contributed by atoms with Crippen LogP contribution >= 0.6 is 21.6 Å². The first-order chi connectivity index (χ1) is 7.72. The molecule has 17 heavy (non-hydrogen) atoms. The van der Waals surface area contributed by atoms with Gasteiger partial charge >= 0.3 is 5.97 Å². The Morgan fingerprint density at radius 1 is 1.35 bits per heavy atom. The second-order valence-corrected chi connectivity index (χ2v) is 7.18. The zero-order valence-corrected chi connectivity index (χ0v) is 11.4. The normalized spacial score (nSPS) is 13.1. The van der Waals surface area contributed by atoms with Crippen molar-refractivity contribution in [3.63, 3.8) is 0 Å². The molecule has 1 atom stereocenters. The highest BCUT2D eigenvalue weighted by atomic mass is 33.1. The van der Waals surface area contributed by atoms with Gasteiger partial charge in [0.05, 0.1) is 5.75 Å². The minimum atomic E-state index is -3.98. The Morgan fingerprint density at radius 2 is 1.94 bits per heavy atom. The van der Waals surface area contributed by atoms with Gasteiger partial charge in [0.2, 0.25) is 5.91 Å². The summed E-state index contributed by atoms with van der Waals surface area (Å²) in [6, 6.07) is -1.00. The van der Waals surface area contributed by atoms with E-state index in [9.17, 15) is 18.0 Å². The van der Waals surface area contributed by atoms with E-state index in [1.165, 1.54) is 6.92 Å². The summed E-state index contributed by atoms with van der Waals surface area (Å²) in [6.07, 6.45) is 0. The van der Waals surface area contributed by atoms with Crippen LogP contribution in [0.5, 0.6) is 0 Å². The first-order valence-corrected chi connectivity index (χ1v) is 8.51. The first-order valence-electron chi connectivity index (χ1n) is 4.42. The van der Waals surface area contributed by atoms with Crippen LogP contribution in [0, 0.1) is 0 Å². The standard InChI is InChI=1S/C7H13NO6S3/c1-5(9)8-6(7(10)11)4-16-15-2-3-17(12,13)14/h6H,2-4H2,1H3,(H,8,9)(H,10,11)(H,12,13,14)/t6-/m0/s1. The predicted molar refractivity (Wildman–Crippen MR) is 66.6 cm³/mol. The summed E-state index contributed by atoms with van der Waals surface area (Å²) in [6.45, 7) is 1.21. The molecule has 7 nitrogen and oxygen atoms in total. The van der Waals surface area contributed by atoms with Crippen molar-refractivity contribution < 1.29 is 27.7 Å². The SMILES string of the molecule is CC(=O)N[C@@H](CSSCCS(=O)(=O)O)C(=O)O. The predicted octanol–water partition coefficient (Wildman–Crippen LogP) is -0.155. The molecule has 0 saturated carbocycles. The van der Waals surface area contributed by atoms with E-state index >= 15 is 0 Å². The molecule has 0 saturated heterocycles. The van der Waals surface area contributed by atoms with E-state index in [2.05, 4.69) is 5.32 Å². The fourth-order valence-electron chi connectivity index (χ4n) is 0.734. The summed E-state index contributed by atoms with van der Waals surface area (Å²) in [5.41, 5.74) is 0. The Balaban J connectivity index is 3.83. The minimum Gasteiger partial charge on any atom is -0.480 e. The maximum atomic E-state index is 10.7. The summed E-state index contributed by atoms with van der Waals surface area (Å²) in [5, 5.41) is 11.0. The number of hydrogen-bond acceptors (Lipinski definition) is 6. The van der Waals surface area contributed by atoms with E-state index in [-0.39, 0.29) is 17.3 Å². The number of hydrogen-bond donors (Lipinski definition) is 3.